The van der Waals surface area contributed by atoms with Crippen LogP contribution in [0.3, 0.4) is 0 Å². The Balaban J connectivity index is 2.32. The van der Waals surface area contributed by atoms with Crippen LogP contribution in [-0.4, -0.2) is 22.2 Å². The predicted molar refractivity (Wildman–Crippen MR) is 53.0 cm³/mol. The van der Waals surface area contributed by atoms with E-state index >= 15 is 0 Å². The molecule has 0 saturated carbocycles. The van der Waals surface area contributed by atoms with Gasteiger partial charge < -0.3 is 4.42 Å². The molecular formula is C8H8N4O4. The molecule has 1 aromatic rings. The SMILES string of the molecule is C=CN1OC(N)N=C1c1ccc([N+](=O)[O-])o1. The molecule has 1 aliphatic heterocycles. The number of hydrogen-bond acceptors (Lipinski definition) is 7. The van der Waals surface area contributed by atoms with Crippen LogP contribution in [0.1, 0.15) is 5.76 Å². The maximum atomic E-state index is 10.4. The Morgan fingerprint density at radius 2 is 2.44 bits per heavy atom. The van der Waals surface area contributed by atoms with Gasteiger partial charge >= 0.3 is 5.88 Å². The van der Waals surface area contributed by atoms with Gasteiger partial charge in [0, 0.05) is 6.20 Å². The number of aliphatic imine (C=N–C) groups is 1. The number of nitrogens with zero attached hydrogens (tertiary/aromatic N) is 3. The molecule has 0 aliphatic carbocycles. The van der Waals surface area contributed by atoms with Gasteiger partial charge in [0.15, 0.2) is 11.6 Å². The highest BCUT2D eigenvalue weighted by molar-refractivity contribution is 5.97. The van der Waals surface area contributed by atoms with Gasteiger partial charge in [-0.25, -0.2) is 14.9 Å². The second-order valence-corrected chi connectivity index (χ2v) is 2.85. The molecule has 2 rings (SSSR count). The minimum atomic E-state index is -0.864. The van der Waals surface area contributed by atoms with E-state index in [0.717, 1.165) is 0 Å². The summed E-state index contributed by atoms with van der Waals surface area (Å²) in [5.74, 6) is 0.0670. The Kier molecular flexibility index (Phi) is 2.43. The topological polar surface area (TPSA) is 107 Å². The third-order valence-corrected chi connectivity index (χ3v) is 1.84. The van der Waals surface area contributed by atoms with E-state index in [0.29, 0.717) is 0 Å². The van der Waals surface area contributed by atoms with Crippen molar-refractivity contribution in [2.75, 3.05) is 0 Å². The molecule has 1 atom stereocenters. The van der Waals surface area contributed by atoms with E-state index in [-0.39, 0.29) is 17.5 Å². The van der Waals surface area contributed by atoms with Gasteiger partial charge in [-0.2, -0.15) is 0 Å². The van der Waals surface area contributed by atoms with Crippen molar-refractivity contribution in [3.63, 3.8) is 0 Å². The number of furan rings is 1. The average molecular weight is 224 g/mol. The molecule has 16 heavy (non-hydrogen) atoms. The van der Waals surface area contributed by atoms with Gasteiger partial charge in [-0.05, 0) is 6.07 Å². The Bertz CT molecular complexity index is 466. The zero-order valence-corrected chi connectivity index (χ0v) is 8.07. The summed E-state index contributed by atoms with van der Waals surface area (Å²) in [7, 11) is 0. The predicted octanol–water partition coefficient (Wildman–Crippen LogP) is 0.567. The molecule has 0 fully saturated rings. The fraction of sp³-hybridized carbons (Fsp3) is 0.125. The molecule has 2 N–H and O–H groups in total. The molecule has 1 aliphatic rings. The van der Waals surface area contributed by atoms with E-state index < -0.39 is 11.3 Å². The van der Waals surface area contributed by atoms with Gasteiger partial charge in [-0.1, -0.05) is 6.58 Å². The van der Waals surface area contributed by atoms with Crippen LogP contribution in [-0.2, 0) is 4.84 Å². The first-order valence-corrected chi connectivity index (χ1v) is 4.28. The van der Waals surface area contributed by atoms with Gasteiger partial charge in [0.1, 0.15) is 4.92 Å². The van der Waals surface area contributed by atoms with Gasteiger partial charge in [-0.3, -0.25) is 15.8 Å². The lowest BCUT2D eigenvalue weighted by molar-refractivity contribution is -0.402. The van der Waals surface area contributed by atoms with Crippen molar-refractivity contribution >= 4 is 11.7 Å². The Morgan fingerprint density at radius 3 is 3.00 bits per heavy atom. The molecule has 0 amide bonds. The van der Waals surface area contributed by atoms with Crippen LogP contribution < -0.4 is 5.73 Å². The first-order valence-electron chi connectivity index (χ1n) is 4.28. The summed E-state index contributed by atoms with van der Waals surface area (Å²) in [5, 5.41) is 11.6. The molecule has 1 aromatic heterocycles. The van der Waals surface area contributed by atoms with E-state index in [4.69, 9.17) is 15.0 Å². The molecule has 0 aromatic carbocycles. The van der Waals surface area contributed by atoms with Crippen molar-refractivity contribution in [3.05, 3.63) is 40.8 Å². The molecule has 0 bridgehead atoms. The first kappa shape index (κ1) is 10.3. The van der Waals surface area contributed by atoms with Gasteiger partial charge in [0.05, 0.1) is 6.07 Å². The smallest absolute Gasteiger partial charge is 0.397 e. The summed E-state index contributed by atoms with van der Waals surface area (Å²) < 4.78 is 4.95. The molecular weight excluding hydrogens is 216 g/mol. The molecule has 8 heteroatoms. The van der Waals surface area contributed by atoms with E-state index in [1.165, 1.54) is 23.4 Å². The van der Waals surface area contributed by atoms with Crippen LogP contribution in [0.2, 0.25) is 0 Å². The highest BCUT2D eigenvalue weighted by Gasteiger charge is 2.27. The Labute approximate surface area is 89.7 Å². The summed E-state index contributed by atoms with van der Waals surface area (Å²) in [5.41, 5.74) is 5.42. The Morgan fingerprint density at radius 1 is 1.69 bits per heavy atom. The van der Waals surface area contributed by atoms with Crippen LogP contribution in [0.4, 0.5) is 5.88 Å². The fourth-order valence-corrected chi connectivity index (χ4v) is 1.21. The normalized spacial score (nSPS) is 19.7. The number of hydrogen-bond donors (Lipinski definition) is 1. The lowest BCUT2D eigenvalue weighted by atomic mass is 10.4. The lowest BCUT2D eigenvalue weighted by Gasteiger charge is -2.11. The first-order chi connectivity index (χ1) is 7.61. The summed E-state index contributed by atoms with van der Waals surface area (Å²) in [6.07, 6.45) is 0.470. The van der Waals surface area contributed by atoms with Crippen LogP contribution in [0, 0.1) is 10.1 Å². The van der Waals surface area contributed by atoms with E-state index in [1.807, 2.05) is 0 Å². The van der Waals surface area contributed by atoms with Gasteiger partial charge in [-0.15, -0.1) is 0 Å². The molecule has 84 valence electrons. The minimum absolute atomic E-state index is 0.194. The molecule has 2 heterocycles. The van der Waals surface area contributed by atoms with Crippen molar-refractivity contribution in [1.82, 2.24) is 5.06 Å². The van der Waals surface area contributed by atoms with Crippen LogP contribution in [0.5, 0.6) is 0 Å². The molecule has 1 unspecified atom stereocenters. The largest absolute Gasteiger partial charge is 0.433 e. The number of nitro groups is 1. The average Bonchev–Trinajstić information content (AvgIpc) is 2.82. The highest BCUT2D eigenvalue weighted by atomic mass is 16.7. The quantitative estimate of drug-likeness (QED) is 0.594. The monoisotopic (exact) mass is 224 g/mol. The van der Waals surface area contributed by atoms with Crippen molar-refractivity contribution in [2.24, 2.45) is 10.7 Å². The van der Waals surface area contributed by atoms with Crippen molar-refractivity contribution in [1.29, 1.82) is 0 Å². The second-order valence-electron chi connectivity index (χ2n) is 2.85. The van der Waals surface area contributed by atoms with Crippen molar-refractivity contribution < 1.29 is 14.2 Å². The molecule has 0 spiro atoms. The molecule has 0 saturated heterocycles. The summed E-state index contributed by atoms with van der Waals surface area (Å²) in [4.78, 5) is 18.7. The zero-order valence-electron chi connectivity index (χ0n) is 8.07. The van der Waals surface area contributed by atoms with Crippen LogP contribution in [0.25, 0.3) is 0 Å². The standard InChI is InChI=1S/C8H8N4O4/c1-2-11-7(10-8(9)16-11)5-3-4-6(15-5)12(13)14/h2-4,8H,1,9H2. The van der Waals surface area contributed by atoms with E-state index in [9.17, 15) is 10.1 Å². The number of hydroxylamine groups is 2. The fourth-order valence-electron chi connectivity index (χ4n) is 1.21. The van der Waals surface area contributed by atoms with Crippen molar-refractivity contribution in [2.45, 2.75) is 6.35 Å². The van der Waals surface area contributed by atoms with Crippen LogP contribution in [0.15, 0.2) is 34.3 Å². The number of rotatable bonds is 3. The van der Waals surface area contributed by atoms with Crippen molar-refractivity contribution in [3.8, 4) is 0 Å². The van der Waals surface area contributed by atoms with E-state index in [2.05, 4.69) is 11.6 Å². The summed E-state index contributed by atoms with van der Waals surface area (Å²) in [6.45, 7) is 3.48. The zero-order chi connectivity index (χ0) is 11.7. The third-order valence-electron chi connectivity index (χ3n) is 1.84. The second kappa shape index (κ2) is 3.76. The van der Waals surface area contributed by atoms with Crippen LogP contribution >= 0.6 is 0 Å². The minimum Gasteiger partial charge on any atom is -0.397 e. The highest BCUT2D eigenvalue weighted by Crippen LogP contribution is 2.21. The van der Waals surface area contributed by atoms with Gasteiger partial charge in [0.25, 0.3) is 0 Å². The summed E-state index contributed by atoms with van der Waals surface area (Å²) in [6, 6.07) is 2.64. The third kappa shape index (κ3) is 1.66. The number of amidine groups is 1. The van der Waals surface area contributed by atoms with Gasteiger partial charge in [0.2, 0.25) is 6.35 Å². The molecule has 8 nitrogen and oxygen atoms in total. The van der Waals surface area contributed by atoms with E-state index in [1.54, 1.807) is 0 Å². The lowest BCUT2D eigenvalue weighted by Crippen LogP contribution is -2.24. The number of nitrogens with two attached hydrogens (primary N) is 1. The maximum absolute atomic E-state index is 10.4. The summed E-state index contributed by atoms with van der Waals surface area (Å²) >= 11 is 0. The Hall–Kier alpha value is -2.19. The molecule has 0 radical (unpaired) electrons. The maximum Gasteiger partial charge on any atom is 0.433 e.